The Balaban J connectivity index is 2.22. The first-order valence-corrected chi connectivity index (χ1v) is 4.96. The summed E-state index contributed by atoms with van der Waals surface area (Å²) in [5, 5.41) is 0. The van der Waals surface area contributed by atoms with Crippen LogP contribution in [0.4, 0.5) is 0 Å². The average Bonchev–Trinajstić information content (AvgIpc) is 1.87. The van der Waals surface area contributed by atoms with Crippen molar-refractivity contribution in [2.24, 2.45) is 0 Å². The van der Waals surface area contributed by atoms with Gasteiger partial charge >= 0.3 is 0 Å². The van der Waals surface area contributed by atoms with Crippen LogP contribution < -0.4 is 0 Å². The molecule has 1 atom stereocenters. The summed E-state index contributed by atoms with van der Waals surface area (Å²) in [6.45, 7) is 0. The van der Waals surface area contributed by atoms with E-state index in [4.69, 9.17) is 0 Å². The van der Waals surface area contributed by atoms with E-state index >= 15 is 0 Å². The van der Waals surface area contributed by atoms with Gasteiger partial charge in [0.1, 0.15) is 0 Å². The van der Waals surface area contributed by atoms with Crippen LogP contribution in [0.1, 0.15) is 38.5 Å². The van der Waals surface area contributed by atoms with Crippen LogP contribution in [0.3, 0.4) is 0 Å². The molecular formula is C8H14OP. The Morgan fingerprint density at radius 1 is 1.20 bits per heavy atom. The van der Waals surface area contributed by atoms with Crippen molar-refractivity contribution in [3.05, 3.63) is 6.42 Å². The van der Waals surface area contributed by atoms with E-state index in [2.05, 4.69) is 6.42 Å². The third kappa shape index (κ3) is 2.79. The second kappa shape index (κ2) is 4.85. The summed E-state index contributed by atoms with van der Waals surface area (Å²) in [4.78, 5) is 0. The molecule has 57 valence electrons. The van der Waals surface area contributed by atoms with Gasteiger partial charge in [0.2, 0.25) is 0 Å². The van der Waals surface area contributed by atoms with Gasteiger partial charge in [0, 0.05) is 5.66 Å². The molecule has 0 N–H and O–H groups in total. The zero-order chi connectivity index (χ0) is 7.23. The first-order chi connectivity index (χ1) is 4.93. The summed E-state index contributed by atoms with van der Waals surface area (Å²) >= 11 is 0. The third-order valence-electron chi connectivity index (χ3n) is 2.05. The molecule has 0 amide bonds. The molecule has 1 saturated carbocycles. The van der Waals surface area contributed by atoms with Crippen molar-refractivity contribution in [2.45, 2.75) is 44.2 Å². The van der Waals surface area contributed by atoms with Gasteiger partial charge in [-0.25, -0.2) is 0 Å². The molecule has 0 aromatic carbocycles. The molecule has 1 rings (SSSR count). The standard InChI is InChI=1S/C8H14OP/c9-10-8-6-4-2-1-3-5-7-8/h2,8H,1,3-7H2. The van der Waals surface area contributed by atoms with Gasteiger partial charge in [-0.05, 0) is 25.7 Å². The van der Waals surface area contributed by atoms with Crippen LogP contribution >= 0.6 is 8.46 Å². The summed E-state index contributed by atoms with van der Waals surface area (Å²) in [6.07, 6.45) is 9.62. The van der Waals surface area contributed by atoms with Crippen LogP contribution in [0, 0.1) is 6.42 Å². The van der Waals surface area contributed by atoms with Gasteiger partial charge in [0.15, 0.2) is 8.46 Å². The van der Waals surface area contributed by atoms with E-state index in [9.17, 15) is 4.57 Å². The molecule has 2 heteroatoms. The van der Waals surface area contributed by atoms with Gasteiger partial charge in [-0.1, -0.05) is 19.3 Å². The van der Waals surface area contributed by atoms with Crippen molar-refractivity contribution < 1.29 is 4.57 Å². The molecule has 0 spiro atoms. The minimum absolute atomic E-state index is 0.364. The predicted octanol–water partition coefficient (Wildman–Crippen LogP) is 3.21. The monoisotopic (exact) mass is 157 g/mol. The normalized spacial score (nSPS) is 24.0. The second-order valence-corrected chi connectivity index (χ2v) is 3.85. The lowest BCUT2D eigenvalue weighted by molar-refractivity contribution is 0.544. The van der Waals surface area contributed by atoms with Crippen LogP contribution in [0.5, 0.6) is 0 Å². The average molecular weight is 157 g/mol. The quantitative estimate of drug-likeness (QED) is 0.534. The van der Waals surface area contributed by atoms with Gasteiger partial charge < -0.3 is 0 Å². The van der Waals surface area contributed by atoms with E-state index in [1.54, 1.807) is 0 Å². The molecule has 0 aliphatic heterocycles. The van der Waals surface area contributed by atoms with E-state index < -0.39 is 0 Å². The van der Waals surface area contributed by atoms with Gasteiger partial charge in [0.25, 0.3) is 0 Å². The number of hydrogen-bond acceptors (Lipinski definition) is 1. The summed E-state index contributed by atoms with van der Waals surface area (Å²) < 4.78 is 10.5. The SMILES string of the molecule is O=PC1CC[CH]CCCC1. The minimum Gasteiger partial charge on any atom is -0.275 e. The zero-order valence-electron chi connectivity index (χ0n) is 6.25. The van der Waals surface area contributed by atoms with E-state index in [1.165, 1.54) is 32.1 Å². The highest BCUT2D eigenvalue weighted by Gasteiger charge is 2.09. The maximum Gasteiger partial charge on any atom is 0.158 e. The van der Waals surface area contributed by atoms with Crippen LogP contribution in [-0.4, -0.2) is 5.66 Å². The Hall–Kier alpha value is 0.100. The van der Waals surface area contributed by atoms with Gasteiger partial charge in [0.05, 0.1) is 0 Å². The van der Waals surface area contributed by atoms with Crippen LogP contribution in [0.2, 0.25) is 0 Å². The summed E-state index contributed by atoms with van der Waals surface area (Å²) in [7, 11) is 0.364. The first kappa shape index (κ1) is 8.20. The molecule has 0 heterocycles. The van der Waals surface area contributed by atoms with Crippen molar-refractivity contribution in [1.82, 2.24) is 0 Å². The van der Waals surface area contributed by atoms with E-state index in [-0.39, 0.29) is 0 Å². The van der Waals surface area contributed by atoms with Gasteiger partial charge in [-0.3, -0.25) is 4.57 Å². The van der Waals surface area contributed by atoms with Crippen molar-refractivity contribution in [2.75, 3.05) is 0 Å². The second-order valence-electron chi connectivity index (χ2n) is 2.91. The van der Waals surface area contributed by atoms with Crippen LogP contribution in [0.15, 0.2) is 0 Å². The highest BCUT2D eigenvalue weighted by atomic mass is 31.1. The topological polar surface area (TPSA) is 17.1 Å². The molecule has 1 unspecified atom stereocenters. The first-order valence-electron chi connectivity index (χ1n) is 4.07. The van der Waals surface area contributed by atoms with Crippen LogP contribution in [-0.2, 0) is 4.57 Å². The largest absolute Gasteiger partial charge is 0.275 e. The van der Waals surface area contributed by atoms with Crippen molar-refractivity contribution in [3.8, 4) is 0 Å². The fraction of sp³-hybridized carbons (Fsp3) is 0.875. The van der Waals surface area contributed by atoms with Crippen molar-refractivity contribution >= 4 is 8.46 Å². The molecule has 1 fully saturated rings. The van der Waals surface area contributed by atoms with Gasteiger partial charge in [-0.2, -0.15) is 0 Å². The third-order valence-corrected chi connectivity index (χ3v) is 2.86. The lowest BCUT2D eigenvalue weighted by Gasteiger charge is -2.11. The summed E-state index contributed by atoms with van der Waals surface area (Å²) in [5.41, 5.74) is 0.455. The molecular weight excluding hydrogens is 143 g/mol. The van der Waals surface area contributed by atoms with E-state index in [1.807, 2.05) is 0 Å². The van der Waals surface area contributed by atoms with Crippen molar-refractivity contribution in [3.63, 3.8) is 0 Å². The molecule has 10 heavy (non-hydrogen) atoms. The lowest BCUT2D eigenvalue weighted by Crippen LogP contribution is -2.01. The molecule has 0 aromatic rings. The predicted molar refractivity (Wildman–Crippen MR) is 43.4 cm³/mol. The summed E-state index contributed by atoms with van der Waals surface area (Å²) in [6, 6.07) is 0. The molecule has 0 saturated heterocycles. The molecule has 1 nitrogen and oxygen atoms in total. The highest BCUT2D eigenvalue weighted by Crippen LogP contribution is 2.24. The Morgan fingerprint density at radius 2 is 2.10 bits per heavy atom. The van der Waals surface area contributed by atoms with Crippen LogP contribution in [0.25, 0.3) is 0 Å². The smallest absolute Gasteiger partial charge is 0.158 e. The molecule has 1 aliphatic carbocycles. The fourth-order valence-electron chi connectivity index (χ4n) is 1.37. The Morgan fingerprint density at radius 3 is 2.90 bits per heavy atom. The van der Waals surface area contributed by atoms with E-state index in [0.29, 0.717) is 14.1 Å². The Labute approximate surface area is 64.4 Å². The van der Waals surface area contributed by atoms with Crippen molar-refractivity contribution in [1.29, 1.82) is 0 Å². The Kier molecular flexibility index (Phi) is 3.97. The number of hydrogen-bond donors (Lipinski definition) is 0. The summed E-state index contributed by atoms with van der Waals surface area (Å²) in [5.74, 6) is 0. The molecule has 1 radical (unpaired) electrons. The van der Waals surface area contributed by atoms with E-state index in [0.717, 1.165) is 6.42 Å². The lowest BCUT2D eigenvalue weighted by atomic mass is 10.0. The highest BCUT2D eigenvalue weighted by molar-refractivity contribution is 7.24. The number of rotatable bonds is 1. The molecule has 0 bridgehead atoms. The minimum atomic E-state index is 0.364. The fourth-order valence-corrected chi connectivity index (χ4v) is 1.92. The Bertz CT molecular complexity index is 95.4. The molecule has 0 aromatic heterocycles. The zero-order valence-corrected chi connectivity index (χ0v) is 7.15. The maximum absolute atomic E-state index is 10.5. The van der Waals surface area contributed by atoms with Gasteiger partial charge in [-0.15, -0.1) is 0 Å². The molecule has 1 aliphatic rings. The maximum atomic E-state index is 10.5.